The number of hydrogen-bond donors (Lipinski definition) is 2. The topological polar surface area (TPSA) is 69.6 Å². The van der Waals surface area contributed by atoms with Crippen molar-refractivity contribution in [2.75, 3.05) is 13.1 Å². The molecule has 0 spiro atoms. The molecule has 2 rings (SSSR count). The summed E-state index contributed by atoms with van der Waals surface area (Å²) in [6, 6.07) is 7.18. The van der Waals surface area contributed by atoms with Crippen molar-refractivity contribution in [3.63, 3.8) is 0 Å². The second-order valence-corrected chi connectivity index (χ2v) is 5.82. The highest BCUT2D eigenvalue weighted by Gasteiger charge is 2.29. The number of aliphatic hydroxyl groups excluding tert-OH is 1. The van der Waals surface area contributed by atoms with Gasteiger partial charge in [-0.3, -0.25) is 9.59 Å². The number of amides is 2. The predicted octanol–water partition coefficient (Wildman–Crippen LogP) is 1.55. The Hall–Kier alpha value is -1.88. The number of aryl methyl sites for hydroxylation is 1. The monoisotopic (exact) mass is 304 g/mol. The highest BCUT2D eigenvalue weighted by atomic mass is 16.3. The summed E-state index contributed by atoms with van der Waals surface area (Å²) in [5.74, 6) is -0.179. The van der Waals surface area contributed by atoms with E-state index in [-0.39, 0.29) is 18.4 Å². The molecule has 2 N–H and O–H groups in total. The van der Waals surface area contributed by atoms with Gasteiger partial charge in [-0.1, -0.05) is 29.8 Å². The second kappa shape index (κ2) is 7.40. The quantitative estimate of drug-likeness (QED) is 0.867. The van der Waals surface area contributed by atoms with Gasteiger partial charge in [-0.25, -0.2) is 0 Å². The van der Waals surface area contributed by atoms with E-state index >= 15 is 0 Å². The Labute approximate surface area is 131 Å². The molecule has 1 heterocycles. The van der Waals surface area contributed by atoms with Crippen molar-refractivity contribution in [1.82, 2.24) is 10.2 Å². The number of carbonyl (C=O) groups excluding carboxylic acids is 2. The number of carbonyl (C=O) groups is 2. The number of hydrogen-bond acceptors (Lipinski definition) is 3. The van der Waals surface area contributed by atoms with Gasteiger partial charge in [-0.15, -0.1) is 0 Å². The van der Waals surface area contributed by atoms with Crippen LogP contribution in [0.25, 0.3) is 0 Å². The van der Waals surface area contributed by atoms with E-state index in [4.69, 9.17) is 0 Å². The number of nitrogens with one attached hydrogen (secondary N) is 1. The molecule has 1 aromatic rings. The molecular weight excluding hydrogens is 280 g/mol. The Morgan fingerprint density at radius 3 is 2.68 bits per heavy atom. The number of piperidine rings is 1. The smallest absolute Gasteiger partial charge is 0.245 e. The van der Waals surface area contributed by atoms with E-state index in [0.717, 1.165) is 17.5 Å². The molecule has 0 bridgehead atoms. The Balaban J connectivity index is 2.00. The van der Waals surface area contributed by atoms with Gasteiger partial charge < -0.3 is 15.3 Å². The molecular formula is C17H24N2O3. The molecule has 0 saturated carbocycles. The van der Waals surface area contributed by atoms with Crippen LogP contribution in [-0.4, -0.2) is 41.0 Å². The molecule has 0 radical (unpaired) electrons. The summed E-state index contributed by atoms with van der Waals surface area (Å²) in [6.45, 7) is 4.62. The van der Waals surface area contributed by atoms with Gasteiger partial charge in [0.2, 0.25) is 11.8 Å². The van der Waals surface area contributed by atoms with Gasteiger partial charge in [0.1, 0.15) is 6.04 Å². The van der Waals surface area contributed by atoms with Crippen LogP contribution in [0, 0.1) is 6.92 Å². The lowest BCUT2D eigenvalue weighted by atomic mass is 10.0. The predicted molar refractivity (Wildman–Crippen MR) is 84.2 cm³/mol. The van der Waals surface area contributed by atoms with Crippen molar-refractivity contribution in [2.45, 2.75) is 45.3 Å². The molecule has 0 aliphatic carbocycles. The van der Waals surface area contributed by atoms with Crippen molar-refractivity contribution >= 4 is 11.8 Å². The average molecular weight is 304 g/mol. The standard InChI is InChI=1S/C17H24N2O3/c1-3-19(17(22)14-5-4-6-16(21)18-14)11-15(20)13-9-7-12(2)8-10-13/h7-10,14-15,20H,3-6,11H2,1-2H3,(H,18,21)/t14-,15?/m1/s1. The van der Waals surface area contributed by atoms with E-state index in [1.54, 1.807) is 4.90 Å². The van der Waals surface area contributed by atoms with Crippen LogP contribution in [0.4, 0.5) is 0 Å². The van der Waals surface area contributed by atoms with E-state index in [9.17, 15) is 14.7 Å². The third-order valence-corrected chi connectivity index (χ3v) is 4.08. The molecule has 5 nitrogen and oxygen atoms in total. The maximum Gasteiger partial charge on any atom is 0.245 e. The number of likely N-dealkylation sites (N-methyl/N-ethyl adjacent to an activating group) is 1. The van der Waals surface area contributed by atoms with Gasteiger partial charge in [0, 0.05) is 13.0 Å². The summed E-state index contributed by atoms with van der Waals surface area (Å²) in [7, 11) is 0. The van der Waals surface area contributed by atoms with Crippen LogP contribution in [0.1, 0.15) is 43.4 Å². The molecule has 22 heavy (non-hydrogen) atoms. The van der Waals surface area contributed by atoms with E-state index in [1.807, 2.05) is 38.1 Å². The maximum atomic E-state index is 12.5. The minimum atomic E-state index is -0.719. The second-order valence-electron chi connectivity index (χ2n) is 5.82. The Morgan fingerprint density at radius 2 is 2.09 bits per heavy atom. The van der Waals surface area contributed by atoms with Gasteiger partial charge in [0.25, 0.3) is 0 Å². The fourth-order valence-electron chi connectivity index (χ4n) is 2.69. The van der Waals surface area contributed by atoms with Crippen LogP contribution < -0.4 is 5.32 Å². The summed E-state index contributed by atoms with van der Waals surface area (Å²) in [5.41, 5.74) is 1.92. The van der Waals surface area contributed by atoms with Crippen molar-refractivity contribution in [1.29, 1.82) is 0 Å². The molecule has 0 aromatic heterocycles. The normalized spacial score (nSPS) is 19.4. The van der Waals surface area contributed by atoms with Gasteiger partial charge >= 0.3 is 0 Å². The Kier molecular flexibility index (Phi) is 5.55. The summed E-state index contributed by atoms with van der Waals surface area (Å²) >= 11 is 0. The fraction of sp³-hybridized carbons (Fsp3) is 0.529. The Morgan fingerprint density at radius 1 is 1.41 bits per heavy atom. The number of rotatable bonds is 5. The van der Waals surface area contributed by atoms with E-state index < -0.39 is 12.1 Å². The lowest BCUT2D eigenvalue weighted by Gasteiger charge is -2.30. The average Bonchev–Trinajstić information content (AvgIpc) is 2.52. The number of benzene rings is 1. The molecule has 1 aromatic carbocycles. The van der Waals surface area contributed by atoms with Crippen molar-refractivity contribution in [3.8, 4) is 0 Å². The maximum absolute atomic E-state index is 12.5. The van der Waals surface area contributed by atoms with Gasteiger partial charge in [-0.05, 0) is 32.3 Å². The van der Waals surface area contributed by atoms with Crippen LogP contribution in [0.5, 0.6) is 0 Å². The highest BCUT2D eigenvalue weighted by molar-refractivity contribution is 5.88. The molecule has 2 atom stereocenters. The van der Waals surface area contributed by atoms with Crippen molar-refractivity contribution < 1.29 is 14.7 Å². The lowest BCUT2D eigenvalue weighted by Crippen LogP contribution is -2.51. The first kappa shape index (κ1) is 16.5. The third kappa shape index (κ3) is 4.07. The SMILES string of the molecule is CCN(CC(O)c1ccc(C)cc1)C(=O)[C@H]1CCCC(=O)N1. The highest BCUT2D eigenvalue weighted by Crippen LogP contribution is 2.17. The molecule has 1 unspecified atom stereocenters. The molecule has 1 aliphatic rings. The summed E-state index contributed by atoms with van der Waals surface area (Å²) < 4.78 is 0. The zero-order chi connectivity index (χ0) is 16.1. The molecule has 2 amide bonds. The van der Waals surface area contributed by atoms with Crippen LogP contribution >= 0.6 is 0 Å². The molecule has 1 saturated heterocycles. The van der Waals surface area contributed by atoms with Gasteiger partial charge in [0.15, 0.2) is 0 Å². The summed E-state index contributed by atoms with van der Waals surface area (Å²) in [6.07, 6.45) is 1.17. The van der Waals surface area contributed by atoms with Crippen LogP contribution in [0.3, 0.4) is 0 Å². The van der Waals surface area contributed by atoms with Gasteiger partial charge in [0.05, 0.1) is 12.6 Å². The zero-order valence-electron chi connectivity index (χ0n) is 13.2. The summed E-state index contributed by atoms with van der Waals surface area (Å²) in [4.78, 5) is 25.5. The van der Waals surface area contributed by atoms with Crippen LogP contribution in [0.2, 0.25) is 0 Å². The van der Waals surface area contributed by atoms with E-state index in [2.05, 4.69) is 5.32 Å². The molecule has 1 fully saturated rings. The number of aliphatic hydroxyl groups is 1. The largest absolute Gasteiger partial charge is 0.387 e. The van der Waals surface area contributed by atoms with E-state index in [1.165, 1.54) is 0 Å². The van der Waals surface area contributed by atoms with E-state index in [0.29, 0.717) is 19.4 Å². The number of nitrogens with zero attached hydrogens (tertiary/aromatic N) is 1. The first-order valence-corrected chi connectivity index (χ1v) is 7.84. The minimum Gasteiger partial charge on any atom is -0.387 e. The lowest BCUT2D eigenvalue weighted by molar-refractivity contribution is -0.139. The zero-order valence-corrected chi connectivity index (χ0v) is 13.2. The summed E-state index contributed by atoms with van der Waals surface area (Å²) in [5, 5.41) is 13.1. The molecule has 5 heteroatoms. The molecule has 1 aliphatic heterocycles. The van der Waals surface area contributed by atoms with Crippen LogP contribution in [-0.2, 0) is 9.59 Å². The first-order chi connectivity index (χ1) is 10.5. The first-order valence-electron chi connectivity index (χ1n) is 7.84. The van der Waals surface area contributed by atoms with Gasteiger partial charge in [-0.2, -0.15) is 0 Å². The van der Waals surface area contributed by atoms with Crippen LogP contribution in [0.15, 0.2) is 24.3 Å². The third-order valence-electron chi connectivity index (χ3n) is 4.08. The minimum absolute atomic E-state index is 0.0697. The van der Waals surface area contributed by atoms with Crippen molar-refractivity contribution in [3.05, 3.63) is 35.4 Å². The Bertz CT molecular complexity index is 527. The molecule has 120 valence electrons. The fourth-order valence-corrected chi connectivity index (χ4v) is 2.69. The van der Waals surface area contributed by atoms with Crippen molar-refractivity contribution in [2.24, 2.45) is 0 Å².